The van der Waals surface area contributed by atoms with Crippen molar-refractivity contribution in [3.8, 4) is 11.5 Å². The Morgan fingerprint density at radius 1 is 0.964 bits per heavy atom. The third-order valence-electron chi connectivity index (χ3n) is 4.49. The van der Waals surface area contributed by atoms with E-state index in [4.69, 9.17) is 26.2 Å². The lowest BCUT2D eigenvalue weighted by atomic mass is 9.78. The predicted octanol–water partition coefficient (Wildman–Crippen LogP) is 3.49. The van der Waals surface area contributed by atoms with Gasteiger partial charge in [-0.05, 0) is 51.3 Å². The monoisotopic (exact) mass is 472 g/mol. The first-order valence-electron chi connectivity index (χ1n) is 8.97. The number of ether oxygens (including phenoxy) is 2. The van der Waals surface area contributed by atoms with Crippen molar-refractivity contribution in [2.45, 2.75) is 31.5 Å². The highest BCUT2D eigenvalue weighted by atomic mass is 79.9. The van der Waals surface area contributed by atoms with Crippen molar-refractivity contribution < 1.29 is 24.8 Å². The molecule has 2 aromatic carbocycles. The van der Waals surface area contributed by atoms with Gasteiger partial charge in [0.2, 0.25) is 0 Å². The maximum absolute atomic E-state index is 9.54. The molecule has 154 valence electrons. The first-order valence-corrected chi connectivity index (χ1v) is 10.3. The van der Waals surface area contributed by atoms with Gasteiger partial charge in [-0.2, -0.15) is 0 Å². The van der Waals surface area contributed by atoms with Crippen molar-refractivity contribution in [1.29, 1.82) is 0 Å². The van der Waals surface area contributed by atoms with Crippen LogP contribution in [0.5, 0.6) is 11.5 Å². The van der Waals surface area contributed by atoms with Crippen LogP contribution < -0.4 is 9.47 Å². The summed E-state index contributed by atoms with van der Waals surface area (Å²) in [6, 6.07) is 13.5. The van der Waals surface area contributed by atoms with Crippen LogP contribution in [0.1, 0.15) is 25.0 Å². The molecular formula is C21H26BrClO5. The number of halogens is 2. The van der Waals surface area contributed by atoms with E-state index in [1.165, 1.54) is 0 Å². The zero-order valence-corrected chi connectivity index (χ0v) is 18.3. The average molecular weight is 474 g/mol. The molecule has 0 saturated heterocycles. The molecule has 2 rings (SSSR count). The summed E-state index contributed by atoms with van der Waals surface area (Å²) in [5, 5.41) is 27.8. The van der Waals surface area contributed by atoms with Gasteiger partial charge >= 0.3 is 0 Å². The Balaban J connectivity index is 2.11. The molecule has 0 aliphatic rings. The van der Waals surface area contributed by atoms with Gasteiger partial charge in [-0.15, -0.1) is 11.6 Å². The summed E-state index contributed by atoms with van der Waals surface area (Å²) in [5.41, 5.74) is 1.93. The molecule has 3 N–H and O–H groups in total. The lowest BCUT2D eigenvalue weighted by molar-refractivity contribution is 0.0536. The minimum atomic E-state index is -0.889. The van der Waals surface area contributed by atoms with Crippen LogP contribution >= 0.6 is 27.5 Å². The first-order chi connectivity index (χ1) is 13.3. The Bertz CT molecular complexity index is 751. The molecule has 0 heterocycles. The van der Waals surface area contributed by atoms with E-state index in [2.05, 4.69) is 29.8 Å². The molecule has 0 fully saturated rings. The number of aliphatic hydroxyl groups excluding tert-OH is 3. The predicted molar refractivity (Wildman–Crippen MR) is 114 cm³/mol. The summed E-state index contributed by atoms with van der Waals surface area (Å²) in [4.78, 5) is 0. The van der Waals surface area contributed by atoms with Crippen molar-refractivity contribution >= 4 is 27.5 Å². The maximum Gasteiger partial charge on any atom is 0.133 e. The van der Waals surface area contributed by atoms with E-state index in [9.17, 15) is 10.2 Å². The average Bonchev–Trinajstić information content (AvgIpc) is 2.70. The van der Waals surface area contributed by atoms with E-state index in [0.717, 1.165) is 15.6 Å². The van der Waals surface area contributed by atoms with Crippen LogP contribution in [0.2, 0.25) is 0 Å². The Morgan fingerprint density at radius 2 is 1.57 bits per heavy atom. The molecule has 28 heavy (non-hydrogen) atoms. The molecule has 5 nitrogen and oxygen atoms in total. The van der Waals surface area contributed by atoms with Gasteiger partial charge in [-0.3, -0.25) is 0 Å². The highest BCUT2D eigenvalue weighted by Gasteiger charge is 2.24. The summed E-state index contributed by atoms with van der Waals surface area (Å²) in [5.74, 6) is 1.41. The van der Waals surface area contributed by atoms with E-state index >= 15 is 0 Å². The van der Waals surface area contributed by atoms with Crippen LogP contribution in [0.25, 0.3) is 0 Å². The molecule has 0 saturated carbocycles. The molecule has 0 aliphatic carbocycles. The Labute approximate surface area is 179 Å². The summed E-state index contributed by atoms with van der Waals surface area (Å²) in [6.07, 6.45) is -1.59. The van der Waals surface area contributed by atoms with Gasteiger partial charge in [0, 0.05) is 5.41 Å². The highest BCUT2D eigenvalue weighted by molar-refractivity contribution is 9.10. The fraction of sp³-hybridized carbons (Fsp3) is 0.429. The smallest absolute Gasteiger partial charge is 0.133 e. The van der Waals surface area contributed by atoms with Gasteiger partial charge in [-0.25, -0.2) is 0 Å². The highest BCUT2D eigenvalue weighted by Crippen LogP contribution is 2.36. The van der Waals surface area contributed by atoms with E-state index in [-0.39, 0.29) is 31.1 Å². The Hall–Kier alpha value is -1.31. The second kappa shape index (κ2) is 10.5. The normalized spacial score (nSPS) is 13.8. The molecule has 0 aliphatic heterocycles. The number of alkyl halides is 1. The standard InChI is InChI=1S/C21H26BrClO5/c1-21(2,14-3-6-18(7-4-14)27-13-17(26)11-24)15-5-8-20(19(22)9-15)28-12-16(25)10-23/h3-9,16-17,24-26H,10-13H2,1-2H3/t16-,17+/m1/s1. The van der Waals surface area contributed by atoms with Crippen LogP contribution in [-0.2, 0) is 5.41 Å². The van der Waals surface area contributed by atoms with Gasteiger partial charge in [0.1, 0.15) is 36.9 Å². The minimum absolute atomic E-state index is 0.0477. The molecule has 0 amide bonds. The third kappa shape index (κ3) is 6.09. The number of hydrogen-bond acceptors (Lipinski definition) is 5. The molecule has 2 aromatic rings. The van der Waals surface area contributed by atoms with Crippen LogP contribution in [0.15, 0.2) is 46.9 Å². The Morgan fingerprint density at radius 3 is 2.14 bits per heavy atom. The Kier molecular flexibility index (Phi) is 8.58. The van der Waals surface area contributed by atoms with E-state index < -0.39 is 12.2 Å². The molecule has 0 spiro atoms. The third-order valence-corrected chi connectivity index (χ3v) is 5.47. The fourth-order valence-corrected chi connectivity index (χ4v) is 3.20. The number of aliphatic hydroxyl groups is 3. The summed E-state index contributed by atoms with van der Waals surface area (Å²) >= 11 is 9.12. The lowest BCUT2D eigenvalue weighted by Crippen LogP contribution is -2.21. The molecule has 0 unspecified atom stereocenters. The van der Waals surface area contributed by atoms with Gasteiger partial charge in [-0.1, -0.05) is 32.0 Å². The minimum Gasteiger partial charge on any atom is -0.491 e. The summed E-state index contributed by atoms with van der Waals surface area (Å²) < 4.78 is 11.9. The van der Waals surface area contributed by atoms with Crippen LogP contribution in [0, 0.1) is 0 Å². The van der Waals surface area contributed by atoms with Crippen LogP contribution in [-0.4, -0.2) is 53.2 Å². The van der Waals surface area contributed by atoms with Gasteiger partial charge < -0.3 is 24.8 Å². The van der Waals surface area contributed by atoms with E-state index in [0.29, 0.717) is 11.5 Å². The zero-order chi connectivity index (χ0) is 20.7. The molecule has 0 aromatic heterocycles. The van der Waals surface area contributed by atoms with Crippen molar-refractivity contribution in [2.75, 3.05) is 25.7 Å². The van der Waals surface area contributed by atoms with Gasteiger partial charge in [0.15, 0.2) is 0 Å². The quantitative estimate of drug-likeness (QED) is 0.460. The summed E-state index contributed by atoms with van der Waals surface area (Å²) in [6.45, 7) is 4.10. The van der Waals surface area contributed by atoms with Crippen molar-refractivity contribution in [3.05, 3.63) is 58.1 Å². The topological polar surface area (TPSA) is 79.2 Å². The molecule has 0 bridgehead atoms. The van der Waals surface area contributed by atoms with Crippen LogP contribution in [0.4, 0.5) is 0 Å². The van der Waals surface area contributed by atoms with Crippen molar-refractivity contribution in [3.63, 3.8) is 0 Å². The number of rotatable bonds is 10. The largest absolute Gasteiger partial charge is 0.491 e. The second-order valence-electron chi connectivity index (χ2n) is 7.06. The van der Waals surface area contributed by atoms with Gasteiger partial charge in [0.05, 0.1) is 17.0 Å². The van der Waals surface area contributed by atoms with Gasteiger partial charge in [0.25, 0.3) is 0 Å². The van der Waals surface area contributed by atoms with E-state index in [1.54, 1.807) is 0 Å². The second-order valence-corrected chi connectivity index (χ2v) is 8.22. The molecule has 7 heteroatoms. The molecular weight excluding hydrogens is 448 g/mol. The first kappa shape index (κ1) is 23.0. The van der Waals surface area contributed by atoms with Crippen molar-refractivity contribution in [1.82, 2.24) is 0 Å². The maximum atomic E-state index is 9.54. The number of hydrogen-bond donors (Lipinski definition) is 3. The van der Waals surface area contributed by atoms with Crippen LogP contribution in [0.3, 0.4) is 0 Å². The molecule has 0 radical (unpaired) electrons. The van der Waals surface area contributed by atoms with E-state index in [1.807, 2.05) is 42.5 Å². The number of benzene rings is 2. The fourth-order valence-electron chi connectivity index (χ4n) is 2.62. The SMILES string of the molecule is CC(C)(c1ccc(OC[C@@H](O)CO)cc1)c1ccc(OC[C@H](O)CCl)c(Br)c1. The zero-order valence-electron chi connectivity index (χ0n) is 15.9. The summed E-state index contributed by atoms with van der Waals surface area (Å²) in [7, 11) is 0. The molecule has 2 atom stereocenters. The lowest BCUT2D eigenvalue weighted by Gasteiger charge is -2.27. The van der Waals surface area contributed by atoms with Crippen molar-refractivity contribution in [2.24, 2.45) is 0 Å².